The summed E-state index contributed by atoms with van der Waals surface area (Å²) in [4.78, 5) is 11.8. The Labute approximate surface area is 163 Å². The van der Waals surface area contributed by atoms with E-state index >= 15 is 0 Å². The molecule has 0 bridgehead atoms. The molecule has 0 heterocycles. The molecule has 2 heteroatoms. The van der Waals surface area contributed by atoms with Crippen LogP contribution in [-0.2, 0) is 17.6 Å². The fraction of sp³-hybridized carbons (Fsp3) is 0.400. The second-order valence-electron chi connectivity index (χ2n) is 8.32. The molecule has 0 unspecified atom stereocenters. The molecule has 3 rings (SSSR count). The van der Waals surface area contributed by atoms with E-state index in [9.17, 15) is 4.79 Å². The van der Waals surface area contributed by atoms with E-state index < -0.39 is 0 Å². The fourth-order valence-corrected chi connectivity index (χ4v) is 3.68. The quantitative estimate of drug-likeness (QED) is 0.361. The van der Waals surface area contributed by atoms with E-state index in [2.05, 4.69) is 45.0 Å². The average molecular weight is 363 g/mol. The van der Waals surface area contributed by atoms with Crippen LogP contribution < -0.4 is 0 Å². The highest BCUT2D eigenvalue weighted by Gasteiger charge is 2.22. The second-order valence-corrected chi connectivity index (χ2v) is 8.32. The third-order valence-electron chi connectivity index (χ3n) is 5.61. The number of benzene rings is 2. The summed E-state index contributed by atoms with van der Waals surface area (Å²) in [6, 6.07) is 14.5. The Morgan fingerprint density at radius 1 is 1.00 bits per heavy atom. The predicted octanol–water partition coefficient (Wildman–Crippen LogP) is 6.33. The highest BCUT2D eigenvalue weighted by atomic mass is 16.5. The maximum absolute atomic E-state index is 11.8. The fourth-order valence-electron chi connectivity index (χ4n) is 3.68. The van der Waals surface area contributed by atoms with E-state index in [0.717, 1.165) is 12.0 Å². The molecule has 0 N–H and O–H groups in total. The molecule has 0 aliphatic heterocycles. The first kappa shape index (κ1) is 19.4. The number of fused-ring (bicyclic) bond motifs is 1. The lowest BCUT2D eigenvalue weighted by Crippen LogP contribution is -2.10. The van der Waals surface area contributed by atoms with E-state index in [0.29, 0.717) is 17.6 Å². The molecule has 27 heavy (non-hydrogen) atoms. The van der Waals surface area contributed by atoms with Gasteiger partial charge < -0.3 is 4.74 Å². The van der Waals surface area contributed by atoms with Crippen LogP contribution >= 0.6 is 0 Å². The number of allylic oxidation sites excluding steroid dienone is 1. The van der Waals surface area contributed by atoms with Crippen LogP contribution in [0.5, 0.6) is 0 Å². The monoisotopic (exact) mass is 362 g/mol. The predicted molar refractivity (Wildman–Crippen MR) is 113 cm³/mol. The molecule has 142 valence electrons. The zero-order valence-electron chi connectivity index (χ0n) is 17.0. The summed E-state index contributed by atoms with van der Waals surface area (Å²) < 4.78 is 5.04. The van der Waals surface area contributed by atoms with Gasteiger partial charge in [-0.25, -0.2) is 4.79 Å². The van der Waals surface area contributed by atoms with Crippen LogP contribution in [0.15, 0.2) is 42.5 Å². The van der Waals surface area contributed by atoms with E-state index in [1.807, 2.05) is 31.2 Å². The van der Waals surface area contributed by atoms with Gasteiger partial charge in [0.05, 0.1) is 12.2 Å². The van der Waals surface area contributed by atoms with Gasteiger partial charge in [-0.05, 0) is 84.9 Å². The first-order chi connectivity index (χ1) is 12.9. The summed E-state index contributed by atoms with van der Waals surface area (Å²) >= 11 is 0. The Morgan fingerprint density at radius 2 is 1.63 bits per heavy atom. The Bertz CT molecular complexity index is 841. The number of carbonyl (C=O) groups excluding carboxylic acids is 1. The highest BCUT2D eigenvalue weighted by Crippen LogP contribution is 2.34. The molecule has 0 spiro atoms. The van der Waals surface area contributed by atoms with Gasteiger partial charge in [0, 0.05) is 0 Å². The zero-order chi connectivity index (χ0) is 19.4. The van der Waals surface area contributed by atoms with Gasteiger partial charge in [-0.1, -0.05) is 50.3 Å². The number of aryl methyl sites for hydroxylation is 2. The molecule has 0 saturated heterocycles. The summed E-state index contributed by atoms with van der Waals surface area (Å²) in [7, 11) is 0. The van der Waals surface area contributed by atoms with E-state index in [-0.39, 0.29) is 5.97 Å². The minimum Gasteiger partial charge on any atom is -0.462 e. The summed E-state index contributed by atoms with van der Waals surface area (Å²) in [5, 5.41) is 0. The van der Waals surface area contributed by atoms with Crippen molar-refractivity contribution in [2.75, 3.05) is 6.61 Å². The van der Waals surface area contributed by atoms with Crippen molar-refractivity contribution in [1.82, 2.24) is 0 Å². The van der Waals surface area contributed by atoms with Crippen LogP contribution in [-0.4, -0.2) is 12.6 Å². The lowest BCUT2D eigenvalue weighted by molar-refractivity contribution is 0.0526. The van der Waals surface area contributed by atoms with Crippen molar-refractivity contribution in [3.63, 3.8) is 0 Å². The lowest BCUT2D eigenvalue weighted by Gasteiger charge is -2.21. The van der Waals surface area contributed by atoms with Gasteiger partial charge >= 0.3 is 5.97 Å². The zero-order valence-corrected chi connectivity index (χ0v) is 17.0. The summed E-state index contributed by atoms with van der Waals surface area (Å²) in [5.41, 5.74) is 7.66. The maximum atomic E-state index is 11.8. The van der Waals surface area contributed by atoms with Gasteiger partial charge in [-0.15, -0.1) is 0 Å². The van der Waals surface area contributed by atoms with E-state index in [4.69, 9.17) is 4.74 Å². The molecule has 0 amide bonds. The second kappa shape index (κ2) is 8.12. The standard InChI is InChI=1S/C25H30O2/c1-5-27-24(26)21-8-6-19(7-9-21)16-18(2)22-11-10-20-12-14-25(3,4)15-13-23(20)17-22/h6-11,16-17H,5,12-15H2,1-4H3/b18-16+. The molecule has 0 fully saturated rings. The minimum absolute atomic E-state index is 0.265. The first-order valence-electron chi connectivity index (χ1n) is 9.95. The Balaban J connectivity index is 1.79. The molecule has 0 aromatic heterocycles. The third-order valence-corrected chi connectivity index (χ3v) is 5.61. The van der Waals surface area contributed by atoms with E-state index in [1.54, 1.807) is 0 Å². The van der Waals surface area contributed by atoms with Crippen molar-refractivity contribution in [2.45, 2.75) is 53.4 Å². The largest absolute Gasteiger partial charge is 0.462 e. The molecule has 2 aromatic carbocycles. The molecular formula is C25H30O2. The van der Waals surface area contributed by atoms with Crippen LogP contribution in [0.3, 0.4) is 0 Å². The smallest absolute Gasteiger partial charge is 0.338 e. The molecule has 2 nitrogen and oxygen atoms in total. The van der Waals surface area contributed by atoms with Gasteiger partial charge in [-0.3, -0.25) is 0 Å². The van der Waals surface area contributed by atoms with Gasteiger partial charge in [0.15, 0.2) is 0 Å². The molecule has 1 aliphatic carbocycles. The van der Waals surface area contributed by atoms with Crippen molar-refractivity contribution in [1.29, 1.82) is 0 Å². The Hall–Kier alpha value is -2.35. The molecule has 1 aliphatic rings. The number of esters is 1. The summed E-state index contributed by atoms with van der Waals surface area (Å²) in [6.07, 6.45) is 7.04. The summed E-state index contributed by atoms with van der Waals surface area (Å²) in [5.74, 6) is -0.265. The van der Waals surface area contributed by atoms with E-state index in [1.165, 1.54) is 41.5 Å². The van der Waals surface area contributed by atoms with Crippen molar-refractivity contribution < 1.29 is 9.53 Å². The SMILES string of the molecule is CCOC(=O)c1ccc(/C=C(\C)c2ccc3c(c2)CCC(C)(C)CC3)cc1. The molecule has 0 atom stereocenters. The topological polar surface area (TPSA) is 26.3 Å². The van der Waals surface area contributed by atoms with Crippen LogP contribution in [0.4, 0.5) is 0 Å². The molecule has 2 aromatic rings. The number of rotatable bonds is 4. The van der Waals surface area contributed by atoms with Gasteiger partial charge in [-0.2, -0.15) is 0 Å². The highest BCUT2D eigenvalue weighted by molar-refractivity contribution is 5.90. The Kier molecular flexibility index (Phi) is 5.84. The van der Waals surface area contributed by atoms with Crippen molar-refractivity contribution in [2.24, 2.45) is 5.41 Å². The molecule has 0 saturated carbocycles. The normalized spacial score (nSPS) is 16.4. The first-order valence-corrected chi connectivity index (χ1v) is 9.95. The maximum Gasteiger partial charge on any atom is 0.338 e. The van der Waals surface area contributed by atoms with Gasteiger partial charge in [0.1, 0.15) is 0 Å². The van der Waals surface area contributed by atoms with Crippen molar-refractivity contribution in [3.05, 3.63) is 70.3 Å². The van der Waals surface area contributed by atoms with Crippen molar-refractivity contribution in [3.8, 4) is 0 Å². The lowest BCUT2D eigenvalue weighted by atomic mass is 9.85. The van der Waals surface area contributed by atoms with Gasteiger partial charge in [0.2, 0.25) is 0 Å². The number of carbonyl (C=O) groups is 1. The van der Waals surface area contributed by atoms with Gasteiger partial charge in [0.25, 0.3) is 0 Å². The molecular weight excluding hydrogens is 332 g/mol. The van der Waals surface area contributed by atoms with Crippen LogP contribution in [0.1, 0.15) is 73.1 Å². The third kappa shape index (κ3) is 4.88. The molecule has 0 radical (unpaired) electrons. The van der Waals surface area contributed by atoms with Crippen LogP contribution in [0.25, 0.3) is 11.6 Å². The minimum atomic E-state index is -0.265. The average Bonchev–Trinajstić information content (AvgIpc) is 2.80. The van der Waals surface area contributed by atoms with Crippen molar-refractivity contribution >= 4 is 17.6 Å². The number of ether oxygens (including phenoxy) is 1. The summed E-state index contributed by atoms with van der Waals surface area (Å²) in [6.45, 7) is 9.13. The van der Waals surface area contributed by atoms with Crippen LogP contribution in [0, 0.1) is 5.41 Å². The Morgan fingerprint density at radius 3 is 2.30 bits per heavy atom. The number of hydrogen-bond donors (Lipinski definition) is 0. The number of hydrogen-bond acceptors (Lipinski definition) is 2. The van der Waals surface area contributed by atoms with Crippen LogP contribution in [0.2, 0.25) is 0 Å².